The number of hydrogen-bond acceptors (Lipinski definition) is 5. The summed E-state index contributed by atoms with van der Waals surface area (Å²) in [5, 5.41) is 13.0. The number of hydrogen-bond donors (Lipinski definition) is 0. The molecule has 0 aliphatic heterocycles. The van der Waals surface area contributed by atoms with E-state index < -0.39 is 0 Å². The number of benzene rings is 2. The Labute approximate surface area is 168 Å². The Balaban J connectivity index is 1.54. The molecule has 4 rings (SSSR count). The number of nitrogens with zero attached hydrogens (tertiary/aromatic N) is 5. The van der Waals surface area contributed by atoms with Gasteiger partial charge in [-0.05, 0) is 39.8 Å². The highest BCUT2D eigenvalue weighted by Gasteiger charge is 2.16. The van der Waals surface area contributed by atoms with E-state index in [1.807, 2.05) is 59.3 Å². The maximum atomic E-state index is 6.38. The summed E-state index contributed by atoms with van der Waals surface area (Å²) in [7, 11) is 0. The van der Waals surface area contributed by atoms with Gasteiger partial charge in [-0.15, -0.1) is 5.10 Å². The summed E-state index contributed by atoms with van der Waals surface area (Å²) in [6, 6.07) is 21.9. The summed E-state index contributed by atoms with van der Waals surface area (Å²) < 4.78 is 7.37. The van der Waals surface area contributed by atoms with Crippen LogP contribution in [0.2, 0.25) is 5.02 Å². The maximum Gasteiger partial charge on any atom is 0.165 e. The molecule has 2 heterocycles. The van der Waals surface area contributed by atoms with E-state index in [1.54, 1.807) is 6.26 Å². The van der Waals surface area contributed by atoms with E-state index in [9.17, 15) is 0 Å². The number of rotatable bonds is 8. The summed E-state index contributed by atoms with van der Waals surface area (Å²) in [5.74, 6) is 1.68. The lowest BCUT2D eigenvalue weighted by molar-refractivity contribution is 0.217. The van der Waals surface area contributed by atoms with Crippen molar-refractivity contribution in [2.45, 2.75) is 26.2 Å². The summed E-state index contributed by atoms with van der Waals surface area (Å²) in [6.07, 6.45) is 1.68. The first-order chi connectivity index (χ1) is 13.8. The molecule has 0 fully saturated rings. The molecule has 0 saturated heterocycles. The summed E-state index contributed by atoms with van der Waals surface area (Å²) in [4.78, 5) is 2.22. The molecular weight excluding hydrogens is 374 g/mol. The van der Waals surface area contributed by atoms with Gasteiger partial charge in [0.15, 0.2) is 5.82 Å². The summed E-state index contributed by atoms with van der Waals surface area (Å²) in [6.45, 7) is 2.50. The molecule has 7 heteroatoms. The van der Waals surface area contributed by atoms with Gasteiger partial charge in [0.1, 0.15) is 5.76 Å². The molecule has 0 N–H and O–H groups in total. The van der Waals surface area contributed by atoms with Crippen molar-refractivity contribution in [1.82, 2.24) is 25.1 Å². The zero-order valence-electron chi connectivity index (χ0n) is 15.3. The Morgan fingerprint density at radius 3 is 2.50 bits per heavy atom. The van der Waals surface area contributed by atoms with Gasteiger partial charge in [-0.2, -0.15) is 0 Å². The Morgan fingerprint density at radius 2 is 1.71 bits per heavy atom. The Kier molecular flexibility index (Phi) is 5.80. The van der Waals surface area contributed by atoms with Gasteiger partial charge in [0.05, 0.1) is 25.9 Å². The third kappa shape index (κ3) is 4.65. The second-order valence-corrected chi connectivity index (χ2v) is 6.96. The number of halogens is 1. The molecule has 28 heavy (non-hydrogen) atoms. The lowest BCUT2D eigenvalue weighted by atomic mass is 10.2. The monoisotopic (exact) mass is 393 g/mol. The van der Waals surface area contributed by atoms with Crippen LogP contribution >= 0.6 is 11.6 Å². The first-order valence-electron chi connectivity index (χ1n) is 9.05. The van der Waals surface area contributed by atoms with Crippen molar-refractivity contribution in [3.05, 3.63) is 101 Å². The second-order valence-electron chi connectivity index (χ2n) is 6.55. The van der Waals surface area contributed by atoms with E-state index in [0.29, 0.717) is 26.2 Å². The molecule has 2 aromatic carbocycles. The van der Waals surface area contributed by atoms with Gasteiger partial charge in [0.2, 0.25) is 0 Å². The zero-order chi connectivity index (χ0) is 19.2. The van der Waals surface area contributed by atoms with Crippen LogP contribution in [0.15, 0.2) is 77.4 Å². The van der Waals surface area contributed by atoms with Crippen molar-refractivity contribution in [3.63, 3.8) is 0 Å². The van der Waals surface area contributed by atoms with Crippen molar-refractivity contribution in [3.8, 4) is 0 Å². The van der Waals surface area contributed by atoms with E-state index in [2.05, 4.69) is 32.6 Å². The van der Waals surface area contributed by atoms with Crippen LogP contribution in [0.1, 0.15) is 22.7 Å². The molecule has 0 aliphatic carbocycles. The molecule has 4 aromatic rings. The first kappa shape index (κ1) is 18.4. The van der Waals surface area contributed by atoms with Gasteiger partial charge < -0.3 is 4.42 Å². The number of furan rings is 1. The molecule has 0 radical (unpaired) electrons. The molecule has 0 unspecified atom stereocenters. The average molecular weight is 394 g/mol. The maximum absolute atomic E-state index is 6.38. The number of tetrazole rings is 1. The van der Waals surface area contributed by atoms with Crippen molar-refractivity contribution in [2.75, 3.05) is 0 Å². The van der Waals surface area contributed by atoms with Crippen LogP contribution in [0.4, 0.5) is 0 Å². The largest absolute Gasteiger partial charge is 0.468 e. The minimum atomic E-state index is 0.575. The van der Waals surface area contributed by atoms with Gasteiger partial charge in [0, 0.05) is 11.6 Å². The van der Waals surface area contributed by atoms with Gasteiger partial charge in [-0.25, -0.2) is 4.68 Å². The fraction of sp³-hybridized carbons (Fsp3) is 0.190. The van der Waals surface area contributed by atoms with E-state index in [-0.39, 0.29) is 0 Å². The molecule has 0 amide bonds. The number of aromatic nitrogens is 4. The highest BCUT2D eigenvalue weighted by Crippen LogP contribution is 2.20. The van der Waals surface area contributed by atoms with Crippen LogP contribution in [0, 0.1) is 0 Å². The van der Waals surface area contributed by atoms with Crippen LogP contribution in [0.25, 0.3) is 0 Å². The second kappa shape index (κ2) is 8.82. The van der Waals surface area contributed by atoms with Crippen LogP contribution < -0.4 is 0 Å². The van der Waals surface area contributed by atoms with E-state index in [4.69, 9.17) is 16.0 Å². The molecule has 142 valence electrons. The van der Waals surface area contributed by atoms with Gasteiger partial charge in [-0.3, -0.25) is 4.90 Å². The lowest BCUT2D eigenvalue weighted by Crippen LogP contribution is -2.25. The van der Waals surface area contributed by atoms with Gasteiger partial charge >= 0.3 is 0 Å². The molecule has 6 nitrogen and oxygen atoms in total. The standard InChI is InChI=1S/C21H20ClN5O/c22-20-11-5-4-9-18(20)14-26(15-19-10-6-12-28-19)16-21-23-24-25-27(21)13-17-7-2-1-3-8-17/h1-12H,13-16H2. The molecular formula is C21H20ClN5O. The fourth-order valence-electron chi connectivity index (χ4n) is 3.07. The highest BCUT2D eigenvalue weighted by atomic mass is 35.5. The van der Waals surface area contributed by atoms with E-state index >= 15 is 0 Å². The van der Waals surface area contributed by atoms with Crippen LogP contribution in [0.5, 0.6) is 0 Å². The fourth-order valence-corrected chi connectivity index (χ4v) is 3.27. The topological polar surface area (TPSA) is 60.0 Å². The van der Waals surface area contributed by atoms with Crippen molar-refractivity contribution >= 4 is 11.6 Å². The molecule has 0 bridgehead atoms. The van der Waals surface area contributed by atoms with Crippen LogP contribution in [-0.4, -0.2) is 25.1 Å². The van der Waals surface area contributed by atoms with Crippen molar-refractivity contribution in [1.29, 1.82) is 0 Å². The van der Waals surface area contributed by atoms with Gasteiger partial charge in [0.25, 0.3) is 0 Å². The van der Waals surface area contributed by atoms with Crippen molar-refractivity contribution in [2.24, 2.45) is 0 Å². The van der Waals surface area contributed by atoms with Crippen molar-refractivity contribution < 1.29 is 4.42 Å². The van der Waals surface area contributed by atoms with E-state index in [0.717, 1.165) is 27.7 Å². The quantitative estimate of drug-likeness (QED) is 0.449. The third-order valence-corrected chi connectivity index (χ3v) is 4.83. The molecule has 0 atom stereocenters. The summed E-state index contributed by atoms with van der Waals surface area (Å²) >= 11 is 6.38. The Morgan fingerprint density at radius 1 is 0.893 bits per heavy atom. The lowest BCUT2D eigenvalue weighted by Gasteiger charge is -2.21. The minimum Gasteiger partial charge on any atom is -0.468 e. The summed E-state index contributed by atoms with van der Waals surface area (Å²) in [5.41, 5.74) is 2.21. The van der Waals surface area contributed by atoms with Crippen LogP contribution in [-0.2, 0) is 26.2 Å². The van der Waals surface area contributed by atoms with Gasteiger partial charge in [-0.1, -0.05) is 60.1 Å². The zero-order valence-corrected chi connectivity index (χ0v) is 16.0. The Bertz CT molecular complexity index is 1000. The average Bonchev–Trinajstić information content (AvgIpc) is 3.37. The highest BCUT2D eigenvalue weighted by molar-refractivity contribution is 6.31. The predicted molar refractivity (Wildman–Crippen MR) is 106 cm³/mol. The molecule has 0 spiro atoms. The molecule has 0 saturated carbocycles. The minimum absolute atomic E-state index is 0.575. The first-order valence-corrected chi connectivity index (χ1v) is 9.43. The van der Waals surface area contributed by atoms with Crippen LogP contribution in [0.3, 0.4) is 0 Å². The predicted octanol–water partition coefficient (Wildman–Crippen LogP) is 4.17. The Hall–Kier alpha value is -2.96. The SMILES string of the molecule is Clc1ccccc1CN(Cc1ccco1)Cc1nnnn1Cc1ccccc1. The molecule has 0 aliphatic rings. The third-order valence-electron chi connectivity index (χ3n) is 4.46. The smallest absolute Gasteiger partial charge is 0.165 e. The normalized spacial score (nSPS) is 11.2. The van der Waals surface area contributed by atoms with E-state index in [1.165, 1.54) is 0 Å². The molecule has 2 aromatic heterocycles.